The Bertz CT molecular complexity index is 1230. The molecule has 0 bridgehead atoms. The van der Waals surface area contributed by atoms with E-state index in [0.29, 0.717) is 5.56 Å². The second-order valence-electron chi connectivity index (χ2n) is 7.98. The lowest BCUT2D eigenvalue weighted by atomic mass is 10.1. The molecule has 0 saturated heterocycles. The van der Waals surface area contributed by atoms with E-state index in [2.05, 4.69) is 0 Å². The first-order valence-corrected chi connectivity index (χ1v) is 10.2. The van der Waals surface area contributed by atoms with Crippen molar-refractivity contribution in [3.63, 3.8) is 0 Å². The Kier molecular flexibility index (Phi) is 7.00. The summed E-state index contributed by atoms with van der Waals surface area (Å²) in [6, 6.07) is 8.71. The Balaban J connectivity index is 1.98. The van der Waals surface area contributed by atoms with Gasteiger partial charge in [0.2, 0.25) is 11.2 Å². The van der Waals surface area contributed by atoms with Crippen molar-refractivity contribution >= 4 is 16.9 Å². The fraction of sp³-hybridized carbons (Fsp3) is 0.333. The highest BCUT2D eigenvalue weighted by Crippen LogP contribution is 2.39. The van der Waals surface area contributed by atoms with Gasteiger partial charge in [-0.3, -0.25) is 4.79 Å². The van der Waals surface area contributed by atoms with Gasteiger partial charge in [-0.15, -0.1) is 0 Å². The molecule has 0 saturated carbocycles. The van der Waals surface area contributed by atoms with Crippen LogP contribution in [0.1, 0.15) is 30.7 Å². The van der Waals surface area contributed by atoms with Crippen molar-refractivity contribution in [3.8, 4) is 17.2 Å². The fourth-order valence-electron chi connectivity index (χ4n) is 2.90. The molecule has 0 aliphatic carbocycles. The number of carbonyl (C=O) groups excluding carboxylic acids is 1. The molecule has 33 heavy (non-hydrogen) atoms. The summed E-state index contributed by atoms with van der Waals surface area (Å²) in [5.41, 5.74) is -0.0227. The summed E-state index contributed by atoms with van der Waals surface area (Å²) in [7, 11) is 0. The van der Waals surface area contributed by atoms with E-state index in [1.165, 1.54) is 18.2 Å². The minimum absolute atomic E-state index is 0.0449. The molecular weight excluding hydrogens is 441 g/mol. The number of hydrogen-bond donors (Lipinski definition) is 0. The zero-order chi connectivity index (χ0) is 24.3. The molecule has 1 aromatic heterocycles. The van der Waals surface area contributed by atoms with Gasteiger partial charge in [0.05, 0.1) is 12.0 Å². The number of benzene rings is 2. The van der Waals surface area contributed by atoms with Gasteiger partial charge in [-0.1, -0.05) is 26.0 Å². The van der Waals surface area contributed by atoms with E-state index in [4.69, 9.17) is 18.6 Å². The van der Waals surface area contributed by atoms with Crippen LogP contribution in [0, 0.1) is 19.8 Å². The van der Waals surface area contributed by atoms with E-state index in [0.717, 1.165) is 11.6 Å². The maximum Gasteiger partial charge on any atom is 0.453 e. The SMILES string of the molecule is Cc1ccc(C)c(Oc2c(C(F)(F)F)oc3cc(OCC(=O)OCC(C)C)ccc3c2=O)c1. The van der Waals surface area contributed by atoms with Gasteiger partial charge in [0, 0.05) is 6.07 Å². The number of aryl methyl sites for hydroxylation is 2. The molecule has 0 aliphatic heterocycles. The molecule has 0 atom stereocenters. The van der Waals surface area contributed by atoms with Gasteiger partial charge in [0.1, 0.15) is 17.1 Å². The smallest absolute Gasteiger partial charge is 0.453 e. The van der Waals surface area contributed by atoms with Crippen molar-refractivity contribution in [2.75, 3.05) is 13.2 Å². The molecular formula is C24H23F3O6. The third-order valence-corrected chi connectivity index (χ3v) is 4.57. The molecule has 0 fully saturated rings. The molecule has 6 nitrogen and oxygen atoms in total. The number of halogens is 3. The highest BCUT2D eigenvalue weighted by atomic mass is 19.4. The first-order chi connectivity index (χ1) is 15.5. The Labute approximate surface area is 187 Å². The summed E-state index contributed by atoms with van der Waals surface area (Å²) >= 11 is 0. The molecule has 176 valence electrons. The molecule has 0 radical (unpaired) electrons. The Hall–Kier alpha value is -3.49. The molecule has 3 aromatic rings. The highest BCUT2D eigenvalue weighted by molar-refractivity contribution is 5.80. The summed E-state index contributed by atoms with van der Waals surface area (Å²) in [6.07, 6.45) is -4.99. The lowest BCUT2D eigenvalue weighted by Gasteiger charge is -2.15. The van der Waals surface area contributed by atoms with Crippen LogP contribution in [0.5, 0.6) is 17.2 Å². The number of esters is 1. The summed E-state index contributed by atoms with van der Waals surface area (Å²) in [5.74, 6) is -2.83. The van der Waals surface area contributed by atoms with Gasteiger partial charge in [-0.25, -0.2) is 4.79 Å². The van der Waals surface area contributed by atoms with Crippen LogP contribution in [0.2, 0.25) is 0 Å². The molecule has 2 aromatic carbocycles. The zero-order valence-corrected chi connectivity index (χ0v) is 18.5. The fourth-order valence-corrected chi connectivity index (χ4v) is 2.90. The number of rotatable bonds is 7. The molecule has 3 rings (SSSR count). The van der Waals surface area contributed by atoms with Crippen LogP contribution in [0.15, 0.2) is 45.6 Å². The van der Waals surface area contributed by atoms with Crippen LogP contribution in [-0.4, -0.2) is 19.2 Å². The van der Waals surface area contributed by atoms with E-state index in [1.54, 1.807) is 26.0 Å². The van der Waals surface area contributed by atoms with Crippen LogP contribution in [0.4, 0.5) is 13.2 Å². The summed E-state index contributed by atoms with van der Waals surface area (Å²) in [5, 5.41) is -0.127. The van der Waals surface area contributed by atoms with Crippen molar-refractivity contribution in [3.05, 3.63) is 63.5 Å². The van der Waals surface area contributed by atoms with E-state index in [9.17, 15) is 22.8 Å². The predicted octanol–water partition coefficient (Wildman–Crippen LogP) is 5.80. The second kappa shape index (κ2) is 9.56. The first-order valence-electron chi connectivity index (χ1n) is 10.2. The zero-order valence-electron chi connectivity index (χ0n) is 18.5. The predicted molar refractivity (Wildman–Crippen MR) is 115 cm³/mol. The van der Waals surface area contributed by atoms with Gasteiger partial charge in [0.25, 0.3) is 5.76 Å². The number of fused-ring (bicyclic) bond motifs is 1. The van der Waals surface area contributed by atoms with E-state index in [-0.39, 0.29) is 35.0 Å². The number of carbonyl (C=O) groups is 1. The summed E-state index contributed by atoms with van der Waals surface area (Å²) < 4.78 is 62.0. The van der Waals surface area contributed by atoms with Crippen molar-refractivity contribution in [1.82, 2.24) is 0 Å². The van der Waals surface area contributed by atoms with E-state index in [1.807, 2.05) is 13.8 Å². The van der Waals surface area contributed by atoms with Crippen molar-refractivity contribution in [2.24, 2.45) is 5.92 Å². The monoisotopic (exact) mass is 464 g/mol. The lowest BCUT2D eigenvalue weighted by molar-refractivity contribution is -0.154. The molecule has 1 heterocycles. The van der Waals surface area contributed by atoms with Gasteiger partial charge in [-0.2, -0.15) is 13.2 Å². The standard InChI is InChI=1S/C24H23F3O6/c1-13(2)11-31-20(28)12-30-16-7-8-17-19(10-16)33-23(24(25,26)27)22(21(17)29)32-18-9-14(3)5-6-15(18)4/h5-10,13H,11-12H2,1-4H3. The average Bonchev–Trinajstić information content (AvgIpc) is 2.74. The third-order valence-electron chi connectivity index (χ3n) is 4.57. The van der Waals surface area contributed by atoms with E-state index < -0.39 is 35.7 Å². The van der Waals surface area contributed by atoms with Crippen LogP contribution in [-0.2, 0) is 15.7 Å². The average molecular weight is 464 g/mol. The molecule has 9 heteroatoms. The maximum absolute atomic E-state index is 13.7. The van der Waals surface area contributed by atoms with Gasteiger partial charge >= 0.3 is 12.1 Å². The largest absolute Gasteiger partial charge is 0.482 e. The third kappa shape index (κ3) is 5.85. The van der Waals surface area contributed by atoms with Crippen LogP contribution in [0.25, 0.3) is 11.0 Å². The molecule has 0 N–H and O–H groups in total. The van der Waals surface area contributed by atoms with Crippen molar-refractivity contribution in [2.45, 2.75) is 33.9 Å². The van der Waals surface area contributed by atoms with Crippen LogP contribution in [0.3, 0.4) is 0 Å². The Morgan fingerprint density at radius 2 is 1.82 bits per heavy atom. The van der Waals surface area contributed by atoms with Crippen molar-refractivity contribution < 1.29 is 36.6 Å². The number of hydrogen-bond acceptors (Lipinski definition) is 6. The van der Waals surface area contributed by atoms with Crippen LogP contribution < -0.4 is 14.9 Å². The second-order valence-corrected chi connectivity index (χ2v) is 7.98. The van der Waals surface area contributed by atoms with Crippen molar-refractivity contribution in [1.29, 1.82) is 0 Å². The first kappa shape index (κ1) is 24.2. The number of alkyl halides is 3. The highest BCUT2D eigenvalue weighted by Gasteiger charge is 2.40. The Morgan fingerprint density at radius 1 is 1.09 bits per heavy atom. The lowest BCUT2D eigenvalue weighted by Crippen LogP contribution is -2.17. The molecule has 0 unspecified atom stereocenters. The Morgan fingerprint density at radius 3 is 2.48 bits per heavy atom. The normalized spacial score (nSPS) is 11.6. The molecule has 0 spiro atoms. The van der Waals surface area contributed by atoms with E-state index >= 15 is 0 Å². The van der Waals surface area contributed by atoms with Gasteiger partial charge in [0.15, 0.2) is 6.61 Å². The topological polar surface area (TPSA) is 75.0 Å². The maximum atomic E-state index is 13.7. The summed E-state index contributed by atoms with van der Waals surface area (Å²) in [6.45, 7) is 6.92. The molecule has 0 amide bonds. The van der Waals surface area contributed by atoms with Gasteiger partial charge < -0.3 is 18.6 Å². The minimum atomic E-state index is -4.99. The summed E-state index contributed by atoms with van der Waals surface area (Å²) in [4.78, 5) is 24.6. The van der Waals surface area contributed by atoms with Crippen LogP contribution >= 0.6 is 0 Å². The van der Waals surface area contributed by atoms with Gasteiger partial charge in [-0.05, 0) is 49.1 Å². The number of ether oxygens (including phenoxy) is 3. The quantitative estimate of drug-likeness (QED) is 0.412. The molecule has 0 aliphatic rings. The minimum Gasteiger partial charge on any atom is -0.482 e.